The molecule has 0 amide bonds. The zero-order chi connectivity index (χ0) is 15.5. The first kappa shape index (κ1) is 15.5. The average Bonchev–Trinajstić information content (AvgIpc) is 2.41. The van der Waals surface area contributed by atoms with Crippen molar-refractivity contribution in [1.82, 2.24) is 4.72 Å². The molecule has 0 saturated carbocycles. The number of anilines is 1. The fraction of sp³-hybridized carbons (Fsp3) is 0.250. The molecule has 4 nitrogen and oxygen atoms in total. The number of aryl methyl sites for hydroxylation is 1. The van der Waals surface area contributed by atoms with Gasteiger partial charge in [0.15, 0.2) is 0 Å². The maximum absolute atomic E-state index is 12.3. The van der Waals surface area contributed by atoms with Crippen molar-refractivity contribution in [3.8, 4) is 0 Å². The van der Waals surface area contributed by atoms with Crippen LogP contribution in [-0.4, -0.2) is 14.5 Å². The summed E-state index contributed by atoms with van der Waals surface area (Å²) in [7, 11) is -3.54. The molecule has 112 valence electrons. The van der Waals surface area contributed by atoms with E-state index in [-0.39, 0.29) is 10.9 Å². The summed E-state index contributed by atoms with van der Waals surface area (Å²) in [5, 5.41) is 0. The minimum Gasteiger partial charge on any atom is -0.399 e. The largest absolute Gasteiger partial charge is 0.399 e. The fourth-order valence-electron chi connectivity index (χ4n) is 2.23. The Morgan fingerprint density at radius 1 is 1.14 bits per heavy atom. The average molecular weight is 304 g/mol. The number of sulfonamides is 1. The van der Waals surface area contributed by atoms with Gasteiger partial charge in [0.05, 0.1) is 4.90 Å². The van der Waals surface area contributed by atoms with E-state index in [1.165, 1.54) is 6.07 Å². The molecule has 21 heavy (non-hydrogen) atoms. The van der Waals surface area contributed by atoms with E-state index in [1.807, 2.05) is 38.1 Å². The van der Waals surface area contributed by atoms with Gasteiger partial charge >= 0.3 is 0 Å². The van der Waals surface area contributed by atoms with Crippen LogP contribution in [0.3, 0.4) is 0 Å². The monoisotopic (exact) mass is 304 g/mol. The highest BCUT2D eigenvalue weighted by atomic mass is 32.2. The van der Waals surface area contributed by atoms with Crippen LogP contribution >= 0.6 is 0 Å². The molecule has 0 spiro atoms. The third kappa shape index (κ3) is 4.06. The second kappa shape index (κ2) is 6.28. The van der Waals surface area contributed by atoms with E-state index in [4.69, 9.17) is 5.73 Å². The molecule has 0 radical (unpaired) electrons. The van der Waals surface area contributed by atoms with Gasteiger partial charge in [0.2, 0.25) is 10.0 Å². The Kier molecular flexibility index (Phi) is 4.65. The summed E-state index contributed by atoms with van der Waals surface area (Å²) in [5.74, 6) is 0. The molecule has 2 rings (SSSR count). The van der Waals surface area contributed by atoms with Crippen molar-refractivity contribution >= 4 is 15.7 Å². The number of benzene rings is 2. The summed E-state index contributed by atoms with van der Waals surface area (Å²) in [4.78, 5) is 0.194. The lowest BCUT2D eigenvalue weighted by Gasteiger charge is -2.15. The predicted octanol–water partition coefficient (Wildman–Crippen LogP) is 2.49. The Morgan fingerprint density at radius 3 is 2.52 bits per heavy atom. The molecule has 1 atom stereocenters. The Labute approximate surface area is 126 Å². The van der Waals surface area contributed by atoms with Gasteiger partial charge in [-0.2, -0.15) is 0 Å². The Hall–Kier alpha value is -1.85. The highest BCUT2D eigenvalue weighted by Gasteiger charge is 2.18. The van der Waals surface area contributed by atoms with Gasteiger partial charge in [-0.25, -0.2) is 13.1 Å². The van der Waals surface area contributed by atoms with Crippen molar-refractivity contribution in [3.05, 3.63) is 59.7 Å². The van der Waals surface area contributed by atoms with Gasteiger partial charge in [-0.1, -0.05) is 30.3 Å². The van der Waals surface area contributed by atoms with E-state index in [0.717, 1.165) is 11.1 Å². The van der Waals surface area contributed by atoms with Gasteiger partial charge in [-0.3, -0.25) is 0 Å². The summed E-state index contributed by atoms with van der Waals surface area (Å²) in [6.07, 6.45) is 0.647. The number of hydrogen-bond acceptors (Lipinski definition) is 3. The van der Waals surface area contributed by atoms with Crippen molar-refractivity contribution in [2.24, 2.45) is 0 Å². The molecule has 0 saturated heterocycles. The van der Waals surface area contributed by atoms with Gasteiger partial charge in [0.1, 0.15) is 0 Å². The molecule has 0 aliphatic rings. The number of rotatable bonds is 5. The van der Waals surface area contributed by atoms with Gasteiger partial charge in [0, 0.05) is 11.7 Å². The molecular formula is C16H20N2O2S. The third-order valence-corrected chi connectivity index (χ3v) is 4.90. The lowest BCUT2D eigenvalue weighted by molar-refractivity contribution is 0.559. The minimum atomic E-state index is -3.54. The van der Waals surface area contributed by atoms with Gasteiger partial charge < -0.3 is 5.73 Å². The van der Waals surface area contributed by atoms with Gasteiger partial charge in [-0.05, 0) is 49.6 Å². The van der Waals surface area contributed by atoms with Crippen LogP contribution in [-0.2, 0) is 16.4 Å². The summed E-state index contributed by atoms with van der Waals surface area (Å²) >= 11 is 0. The first-order valence-electron chi connectivity index (χ1n) is 6.81. The third-order valence-electron chi connectivity index (χ3n) is 3.31. The van der Waals surface area contributed by atoms with Crippen LogP contribution in [0.5, 0.6) is 0 Å². The smallest absolute Gasteiger partial charge is 0.240 e. The molecule has 0 heterocycles. The number of nitrogen functional groups attached to an aromatic ring is 1. The molecule has 0 bridgehead atoms. The first-order chi connectivity index (χ1) is 9.88. The summed E-state index contributed by atoms with van der Waals surface area (Å²) < 4.78 is 27.3. The molecule has 0 aliphatic heterocycles. The zero-order valence-electron chi connectivity index (χ0n) is 12.2. The number of nitrogens with one attached hydrogen (secondary N) is 1. The first-order valence-corrected chi connectivity index (χ1v) is 8.29. The Bertz CT molecular complexity index is 727. The normalized spacial score (nSPS) is 13.0. The van der Waals surface area contributed by atoms with Crippen molar-refractivity contribution in [1.29, 1.82) is 0 Å². The van der Waals surface area contributed by atoms with Crippen LogP contribution in [0.4, 0.5) is 5.69 Å². The van der Waals surface area contributed by atoms with Crippen LogP contribution in [0.15, 0.2) is 53.4 Å². The summed E-state index contributed by atoms with van der Waals surface area (Å²) in [5.41, 5.74) is 8.37. The van der Waals surface area contributed by atoms with Crippen LogP contribution in [0.2, 0.25) is 0 Å². The van der Waals surface area contributed by atoms with Crippen molar-refractivity contribution < 1.29 is 8.42 Å². The van der Waals surface area contributed by atoms with E-state index >= 15 is 0 Å². The van der Waals surface area contributed by atoms with Crippen LogP contribution < -0.4 is 10.5 Å². The van der Waals surface area contributed by atoms with Crippen LogP contribution in [0.25, 0.3) is 0 Å². The van der Waals surface area contributed by atoms with Crippen molar-refractivity contribution in [2.75, 3.05) is 5.73 Å². The molecule has 3 N–H and O–H groups in total. The standard InChI is InChI=1S/C16H20N2O2S/c1-12-6-3-4-7-14(12)10-13(2)18-21(19,20)16-9-5-8-15(17)11-16/h3-9,11,13,18H,10,17H2,1-2H3. The van der Waals surface area contributed by atoms with Crippen LogP contribution in [0, 0.1) is 6.92 Å². The lowest BCUT2D eigenvalue weighted by Crippen LogP contribution is -2.34. The topological polar surface area (TPSA) is 72.2 Å². The number of nitrogens with two attached hydrogens (primary N) is 1. The van der Waals surface area contributed by atoms with Crippen LogP contribution in [0.1, 0.15) is 18.1 Å². The molecule has 2 aromatic rings. The van der Waals surface area contributed by atoms with E-state index in [0.29, 0.717) is 12.1 Å². The second-order valence-electron chi connectivity index (χ2n) is 5.23. The highest BCUT2D eigenvalue weighted by Crippen LogP contribution is 2.15. The number of hydrogen-bond donors (Lipinski definition) is 2. The SMILES string of the molecule is Cc1ccccc1CC(C)NS(=O)(=O)c1cccc(N)c1. The summed E-state index contributed by atoms with van der Waals surface area (Å²) in [6, 6.07) is 14.1. The van der Waals surface area contributed by atoms with Crippen molar-refractivity contribution in [3.63, 3.8) is 0 Å². The highest BCUT2D eigenvalue weighted by molar-refractivity contribution is 7.89. The molecule has 1 unspecified atom stereocenters. The molecule has 0 aliphatic carbocycles. The predicted molar refractivity (Wildman–Crippen MR) is 85.5 cm³/mol. The Morgan fingerprint density at radius 2 is 1.86 bits per heavy atom. The van der Waals surface area contributed by atoms with E-state index in [2.05, 4.69) is 4.72 Å². The fourth-order valence-corrected chi connectivity index (χ4v) is 3.52. The quantitative estimate of drug-likeness (QED) is 0.834. The molecule has 0 fully saturated rings. The molecule has 2 aromatic carbocycles. The van der Waals surface area contributed by atoms with Gasteiger partial charge in [0.25, 0.3) is 0 Å². The van der Waals surface area contributed by atoms with E-state index < -0.39 is 10.0 Å². The minimum absolute atomic E-state index is 0.194. The Balaban J connectivity index is 2.12. The second-order valence-corrected chi connectivity index (χ2v) is 6.94. The summed E-state index contributed by atoms with van der Waals surface area (Å²) in [6.45, 7) is 3.88. The van der Waals surface area contributed by atoms with E-state index in [1.54, 1.807) is 18.2 Å². The lowest BCUT2D eigenvalue weighted by atomic mass is 10.0. The molecule has 0 aromatic heterocycles. The van der Waals surface area contributed by atoms with E-state index in [9.17, 15) is 8.42 Å². The zero-order valence-corrected chi connectivity index (χ0v) is 13.0. The molecular weight excluding hydrogens is 284 g/mol. The molecule has 5 heteroatoms. The maximum Gasteiger partial charge on any atom is 0.240 e. The maximum atomic E-state index is 12.3. The van der Waals surface area contributed by atoms with Crippen molar-refractivity contribution in [2.45, 2.75) is 31.2 Å². The van der Waals surface area contributed by atoms with Gasteiger partial charge in [-0.15, -0.1) is 0 Å².